The fraction of sp³-hybridized carbons (Fsp3) is 0.350. The Hall–Kier alpha value is -2.53. The summed E-state index contributed by atoms with van der Waals surface area (Å²) in [5.74, 6) is 2.54. The van der Waals surface area contributed by atoms with Crippen LogP contribution in [0.1, 0.15) is 18.4 Å². The van der Waals surface area contributed by atoms with E-state index in [9.17, 15) is 4.79 Å². The van der Waals surface area contributed by atoms with Gasteiger partial charge in [-0.15, -0.1) is 0 Å². The molecule has 132 valence electrons. The first kappa shape index (κ1) is 17.3. The average molecular weight is 340 g/mol. The highest BCUT2D eigenvalue weighted by Gasteiger charge is 2.28. The van der Waals surface area contributed by atoms with Crippen LogP contribution in [0.25, 0.3) is 0 Å². The van der Waals surface area contributed by atoms with Crippen LogP contribution in [0.15, 0.2) is 48.5 Å². The van der Waals surface area contributed by atoms with Crippen molar-refractivity contribution in [2.24, 2.45) is 11.7 Å². The highest BCUT2D eigenvalue weighted by atomic mass is 16.5. The fourth-order valence-electron chi connectivity index (χ4n) is 2.47. The molecule has 1 unspecified atom stereocenters. The van der Waals surface area contributed by atoms with Crippen molar-refractivity contribution in [3.05, 3.63) is 54.1 Å². The molecule has 0 radical (unpaired) electrons. The lowest BCUT2D eigenvalue weighted by molar-refractivity contribution is -0.123. The number of benzene rings is 2. The number of nitrogens with one attached hydrogen (secondary N) is 1. The molecule has 1 fully saturated rings. The predicted octanol–water partition coefficient (Wildman–Crippen LogP) is 3.02. The van der Waals surface area contributed by atoms with E-state index in [-0.39, 0.29) is 18.6 Å². The second-order valence-electron chi connectivity index (χ2n) is 6.48. The van der Waals surface area contributed by atoms with Crippen molar-refractivity contribution in [1.82, 2.24) is 5.32 Å². The Bertz CT molecular complexity index is 694. The first-order valence-electron chi connectivity index (χ1n) is 8.60. The van der Waals surface area contributed by atoms with Crippen LogP contribution in [0.5, 0.6) is 17.2 Å². The molecule has 1 saturated carbocycles. The lowest BCUT2D eigenvalue weighted by atomic mass is 10.2. The van der Waals surface area contributed by atoms with Crippen molar-refractivity contribution in [2.45, 2.75) is 25.8 Å². The fourth-order valence-corrected chi connectivity index (χ4v) is 2.47. The first-order chi connectivity index (χ1) is 12.1. The number of carbonyl (C=O) groups is 1. The molecular formula is C20H24N2O3. The number of hydrogen-bond acceptors (Lipinski definition) is 4. The summed E-state index contributed by atoms with van der Waals surface area (Å²) in [6.07, 6.45) is 2.34. The molecule has 0 aliphatic heterocycles. The smallest absolute Gasteiger partial charge is 0.257 e. The van der Waals surface area contributed by atoms with Gasteiger partial charge in [-0.1, -0.05) is 17.7 Å². The highest BCUT2D eigenvalue weighted by Crippen LogP contribution is 2.31. The largest absolute Gasteiger partial charge is 0.484 e. The van der Waals surface area contributed by atoms with Gasteiger partial charge in [0.1, 0.15) is 17.2 Å². The van der Waals surface area contributed by atoms with E-state index in [1.807, 2.05) is 43.3 Å². The van der Waals surface area contributed by atoms with E-state index < -0.39 is 0 Å². The van der Waals surface area contributed by atoms with Crippen LogP contribution in [0.4, 0.5) is 0 Å². The third-order valence-electron chi connectivity index (χ3n) is 4.21. The van der Waals surface area contributed by atoms with Crippen LogP contribution >= 0.6 is 0 Å². The molecule has 3 rings (SSSR count). The van der Waals surface area contributed by atoms with Crippen LogP contribution in [-0.2, 0) is 4.79 Å². The van der Waals surface area contributed by atoms with E-state index in [0.717, 1.165) is 11.5 Å². The molecule has 2 aromatic rings. The quantitative estimate of drug-likeness (QED) is 0.775. The minimum absolute atomic E-state index is 0.0183. The lowest BCUT2D eigenvalue weighted by Gasteiger charge is -2.12. The number of nitrogens with two attached hydrogens (primary N) is 1. The first-order valence-corrected chi connectivity index (χ1v) is 8.60. The van der Waals surface area contributed by atoms with Crippen molar-refractivity contribution < 1.29 is 14.3 Å². The summed E-state index contributed by atoms with van der Waals surface area (Å²) in [5, 5.41) is 2.81. The number of ether oxygens (including phenoxy) is 2. The molecular weight excluding hydrogens is 316 g/mol. The molecule has 2 aromatic carbocycles. The summed E-state index contributed by atoms with van der Waals surface area (Å²) in [4.78, 5) is 11.8. The van der Waals surface area contributed by atoms with Crippen LogP contribution in [-0.4, -0.2) is 25.1 Å². The Balaban J connectivity index is 1.42. The van der Waals surface area contributed by atoms with E-state index in [4.69, 9.17) is 15.2 Å². The van der Waals surface area contributed by atoms with Gasteiger partial charge in [0, 0.05) is 12.6 Å². The summed E-state index contributed by atoms with van der Waals surface area (Å²) in [7, 11) is 0. The molecule has 0 bridgehead atoms. The minimum atomic E-state index is -0.156. The van der Waals surface area contributed by atoms with Crippen molar-refractivity contribution >= 4 is 5.91 Å². The van der Waals surface area contributed by atoms with E-state index >= 15 is 0 Å². The number of rotatable bonds is 8. The Morgan fingerprint density at radius 2 is 1.64 bits per heavy atom. The molecule has 1 aliphatic carbocycles. The standard InChI is InChI=1S/C20H24N2O3/c1-14-2-6-17(7-3-14)25-18-10-8-16(9-11-18)24-13-20(23)22-12-19(21)15-4-5-15/h2-3,6-11,15,19H,4-5,12-13,21H2,1H3,(H,22,23). The van der Waals surface area contributed by atoms with Crippen LogP contribution in [0, 0.1) is 12.8 Å². The van der Waals surface area contributed by atoms with Gasteiger partial charge in [0.25, 0.3) is 5.91 Å². The maximum Gasteiger partial charge on any atom is 0.257 e. The maximum absolute atomic E-state index is 11.8. The van der Waals surface area contributed by atoms with Crippen molar-refractivity contribution in [2.75, 3.05) is 13.2 Å². The molecule has 5 heteroatoms. The van der Waals surface area contributed by atoms with Crippen molar-refractivity contribution in [3.63, 3.8) is 0 Å². The maximum atomic E-state index is 11.8. The van der Waals surface area contributed by atoms with Gasteiger partial charge >= 0.3 is 0 Å². The number of carbonyl (C=O) groups excluding carboxylic acids is 1. The second kappa shape index (κ2) is 8.03. The van der Waals surface area contributed by atoms with E-state index in [0.29, 0.717) is 18.2 Å². The van der Waals surface area contributed by atoms with E-state index in [1.54, 1.807) is 12.1 Å². The van der Waals surface area contributed by atoms with Crippen LogP contribution in [0.2, 0.25) is 0 Å². The zero-order valence-electron chi connectivity index (χ0n) is 14.4. The van der Waals surface area contributed by atoms with Gasteiger partial charge in [0.2, 0.25) is 0 Å². The molecule has 1 atom stereocenters. The molecule has 0 aromatic heterocycles. The average Bonchev–Trinajstić information content (AvgIpc) is 3.46. The molecule has 1 aliphatic rings. The monoisotopic (exact) mass is 340 g/mol. The Labute approximate surface area is 148 Å². The molecule has 1 amide bonds. The summed E-state index contributed by atoms with van der Waals surface area (Å²) in [6.45, 7) is 2.53. The molecule has 25 heavy (non-hydrogen) atoms. The number of amides is 1. The summed E-state index contributed by atoms with van der Waals surface area (Å²) in [5.41, 5.74) is 7.14. The van der Waals surface area contributed by atoms with Gasteiger partial charge in [-0.25, -0.2) is 0 Å². The minimum Gasteiger partial charge on any atom is -0.484 e. The summed E-state index contributed by atoms with van der Waals surface area (Å²) >= 11 is 0. The molecule has 0 spiro atoms. The molecule has 0 heterocycles. The van der Waals surface area contributed by atoms with Crippen molar-refractivity contribution in [1.29, 1.82) is 0 Å². The van der Waals surface area contributed by atoms with Crippen LogP contribution < -0.4 is 20.5 Å². The van der Waals surface area contributed by atoms with Gasteiger partial charge < -0.3 is 20.5 Å². The second-order valence-corrected chi connectivity index (χ2v) is 6.48. The molecule has 3 N–H and O–H groups in total. The number of hydrogen-bond donors (Lipinski definition) is 2. The zero-order valence-corrected chi connectivity index (χ0v) is 14.4. The Morgan fingerprint density at radius 3 is 2.24 bits per heavy atom. The third-order valence-corrected chi connectivity index (χ3v) is 4.21. The van der Waals surface area contributed by atoms with Gasteiger partial charge in [-0.2, -0.15) is 0 Å². The molecule has 0 saturated heterocycles. The zero-order chi connectivity index (χ0) is 17.6. The van der Waals surface area contributed by atoms with Gasteiger partial charge in [-0.3, -0.25) is 4.79 Å². The normalized spacial score (nSPS) is 14.6. The van der Waals surface area contributed by atoms with Gasteiger partial charge in [0.05, 0.1) is 0 Å². The van der Waals surface area contributed by atoms with E-state index in [1.165, 1.54) is 18.4 Å². The number of aryl methyl sites for hydroxylation is 1. The SMILES string of the molecule is Cc1ccc(Oc2ccc(OCC(=O)NCC(N)C3CC3)cc2)cc1. The summed E-state index contributed by atoms with van der Waals surface area (Å²) in [6, 6.07) is 15.1. The molecule has 5 nitrogen and oxygen atoms in total. The van der Waals surface area contributed by atoms with Crippen molar-refractivity contribution in [3.8, 4) is 17.2 Å². The Morgan fingerprint density at radius 1 is 1.08 bits per heavy atom. The van der Waals surface area contributed by atoms with Gasteiger partial charge in [-0.05, 0) is 62.1 Å². The highest BCUT2D eigenvalue weighted by molar-refractivity contribution is 5.77. The van der Waals surface area contributed by atoms with Gasteiger partial charge in [0.15, 0.2) is 6.61 Å². The predicted molar refractivity (Wildman–Crippen MR) is 96.9 cm³/mol. The summed E-state index contributed by atoms with van der Waals surface area (Å²) < 4.78 is 11.2. The third kappa shape index (κ3) is 5.50. The Kier molecular flexibility index (Phi) is 5.56. The van der Waals surface area contributed by atoms with Crippen LogP contribution in [0.3, 0.4) is 0 Å². The van der Waals surface area contributed by atoms with E-state index in [2.05, 4.69) is 5.32 Å². The lowest BCUT2D eigenvalue weighted by Crippen LogP contribution is -2.40. The topological polar surface area (TPSA) is 73.6 Å².